The Hall–Kier alpha value is -0.890. The first-order valence-electron chi connectivity index (χ1n) is 7.18. The molecule has 2 rings (SSSR count). The molecular weight excluding hydrogens is 395 g/mol. The number of carbonyl (C=O) groups excluding carboxylic acids is 1. The van der Waals surface area contributed by atoms with E-state index < -0.39 is 6.36 Å². The first-order valence-corrected chi connectivity index (χ1v) is 8.96. The lowest BCUT2D eigenvalue weighted by molar-refractivity contribution is -0.275. The fourth-order valence-corrected chi connectivity index (χ4v) is 3.92. The lowest BCUT2D eigenvalue weighted by Crippen LogP contribution is -2.37. The Kier molecular flexibility index (Phi) is 6.25. The number of piperidine rings is 1. The zero-order valence-corrected chi connectivity index (χ0v) is 14.9. The molecule has 0 aromatic heterocycles. The minimum absolute atomic E-state index is 0.0740. The molecule has 23 heavy (non-hydrogen) atoms. The molecule has 0 spiro atoms. The van der Waals surface area contributed by atoms with Crippen LogP contribution in [0.25, 0.3) is 0 Å². The van der Waals surface area contributed by atoms with Gasteiger partial charge in [-0.1, -0.05) is 15.9 Å². The van der Waals surface area contributed by atoms with E-state index >= 15 is 0 Å². The van der Waals surface area contributed by atoms with Crippen molar-refractivity contribution in [1.82, 2.24) is 4.90 Å². The number of nitrogens with zero attached hydrogens (tertiary/aromatic N) is 1. The monoisotopic (exact) mass is 411 g/mol. The summed E-state index contributed by atoms with van der Waals surface area (Å²) < 4.78 is 42.1. The number of likely N-dealkylation sites (tertiary alicyclic amines) is 1. The van der Waals surface area contributed by atoms with Crippen LogP contribution in [0.15, 0.2) is 27.6 Å². The van der Waals surface area contributed by atoms with Gasteiger partial charge in [-0.2, -0.15) is 0 Å². The molecule has 1 fully saturated rings. The largest absolute Gasteiger partial charge is 0.573 e. The van der Waals surface area contributed by atoms with Gasteiger partial charge >= 0.3 is 6.36 Å². The van der Waals surface area contributed by atoms with E-state index in [1.165, 1.54) is 17.8 Å². The zero-order chi connectivity index (χ0) is 17.0. The third-order valence-electron chi connectivity index (χ3n) is 3.67. The van der Waals surface area contributed by atoms with E-state index in [0.29, 0.717) is 34.1 Å². The Morgan fingerprint density at radius 3 is 2.61 bits per heavy atom. The van der Waals surface area contributed by atoms with E-state index in [4.69, 9.17) is 0 Å². The number of carbonyl (C=O) groups is 1. The molecule has 128 valence electrons. The fourth-order valence-electron chi connectivity index (χ4n) is 2.43. The van der Waals surface area contributed by atoms with Gasteiger partial charge in [0.05, 0.1) is 0 Å². The van der Waals surface area contributed by atoms with Crippen molar-refractivity contribution in [3.63, 3.8) is 0 Å². The number of ether oxygens (including phenoxy) is 1. The summed E-state index contributed by atoms with van der Waals surface area (Å²) in [6, 6.07) is 4.65. The average molecular weight is 412 g/mol. The quantitative estimate of drug-likeness (QED) is 0.672. The van der Waals surface area contributed by atoms with Gasteiger partial charge in [0.2, 0.25) is 5.91 Å². The van der Waals surface area contributed by atoms with Crippen molar-refractivity contribution in [1.29, 1.82) is 0 Å². The molecule has 8 heteroatoms. The molecule has 1 saturated heterocycles. The van der Waals surface area contributed by atoms with Gasteiger partial charge in [0, 0.05) is 35.1 Å². The third kappa shape index (κ3) is 5.91. The average Bonchev–Trinajstić information content (AvgIpc) is 2.45. The summed E-state index contributed by atoms with van der Waals surface area (Å²) in [4.78, 5) is 13.6. The van der Waals surface area contributed by atoms with Gasteiger partial charge in [0.25, 0.3) is 0 Å². The molecule has 1 aliphatic rings. The normalized spacial score (nSPS) is 16.5. The third-order valence-corrected chi connectivity index (χ3v) is 5.45. The first kappa shape index (κ1) is 18.4. The van der Waals surface area contributed by atoms with Crippen molar-refractivity contribution >= 4 is 33.6 Å². The van der Waals surface area contributed by atoms with Gasteiger partial charge in [-0.15, -0.1) is 24.9 Å². The van der Waals surface area contributed by atoms with E-state index in [1.807, 2.05) is 0 Å². The Morgan fingerprint density at radius 2 is 2.04 bits per heavy atom. The number of benzene rings is 1. The van der Waals surface area contributed by atoms with Crippen LogP contribution in [0.5, 0.6) is 5.75 Å². The predicted molar refractivity (Wildman–Crippen MR) is 86.5 cm³/mol. The highest BCUT2D eigenvalue weighted by atomic mass is 79.9. The highest BCUT2D eigenvalue weighted by Crippen LogP contribution is 2.37. The number of hydrogen-bond acceptors (Lipinski definition) is 3. The standard InChI is InChI=1S/C15H17BrF3NO2S/c1-10(21)20-6-4-11(5-7-20)9-23-14-3-2-12(16)8-13(14)22-15(17,18)19/h2-3,8,11H,4-7,9H2,1H3. The van der Waals surface area contributed by atoms with E-state index in [0.717, 1.165) is 12.8 Å². The molecule has 1 amide bonds. The molecular formula is C15H17BrF3NO2S. The lowest BCUT2D eigenvalue weighted by atomic mass is 9.99. The molecule has 1 aromatic rings. The summed E-state index contributed by atoms with van der Waals surface area (Å²) in [5, 5.41) is 0. The molecule has 0 N–H and O–H groups in total. The number of alkyl halides is 3. The Morgan fingerprint density at radius 1 is 1.39 bits per heavy atom. The van der Waals surface area contributed by atoms with Crippen LogP contribution in [0.2, 0.25) is 0 Å². The SMILES string of the molecule is CC(=O)N1CCC(CSc2ccc(Br)cc2OC(F)(F)F)CC1. The number of hydrogen-bond donors (Lipinski definition) is 0. The molecule has 0 radical (unpaired) electrons. The van der Waals surface area contributed by atoms with Crippen molar-refractivity contribution in [2.45, 2.75) is 31.0 Å². The molecule has 0 bridgehead atoms. The van der Waals surface area contributed by atoms with E-state index in [-0.39, 0.29) is 11.7 Å². The van der Waals surface area contributed by atoms with E-state index in [1.54, 1.807) is 24.0 Å². The minimum Gasteiger partial charge on any atom is -0.405 e. The van der Waals surface area contributed by atoms with E-state index in [2.05, 4.69) is 20.7 Å². The summed E-state index contributed by atoms with van der Waals surface area (Å²) in [6.07, 6.45) is -2.96. The van der Waals surface area contributed by atoms with Crippen molar-refractivity contribution in [3.05, 3.63) is 22.7 Å². The first-order chi connectivity index (χ1) is 10.7. The van der Waals surface area contributed by atoms with Crippen LogP contribution in [0.3, 0.4) is 0 Å². The van der Waals surface area contributed by atoms with Gasteiger partial charge < -0.3 is 9.64 Å². The maximum absolute atomic E-state index is 12.5. The van der Waals surface area contributed by atoms with Gasteiger partial charge in [0.1, 0.15) is 5.75 Å². The van der Waals surface area contributed by atoms with Crippen molar-refractivity contribution in [3.8, 4) is 5.75 Å². The highest BCUT2D eigenvalue weighted by molar-refractivity contribution is 9.10. The molecule has 1 aromatic carbocycles. The Balaban J connectivity index is 1.94. The maximum atomic E-state index is 12.5. The van der Waals surface area contributed by atoms with Crippen LogP contribution >= 0.6 is 27.7 Å². The van der Waals surface area contributed by atoms with Crippen molar-refractivity contribution < 1.29 is 22.7 Å². The summed E-state index contributed by atoms with van der Waals surface area (Å²) in [7, 11) is 0. The van der Waals surface area contributed by atoms with Crippen LogP contribution in [0.1, 0.15) is 19.8 Å². The molecule has 0 aliphatic carbocycles. The van der Waals surface area contributed by atoms with E-state index in [9.17, 15) is 18.0 Å². The highest BCUT2D eigenvalue weighted by Gasteiger charge is 2.32. The maximum Gasteiger partial charge on any atom is 0.573 e. The summed E-state index contributed by atoms with van der Waals surface area (Å²) in [5.74, 6) is 0.989. The smallest absolute Gasteiger partial charge is 0.405 e. The van der Waals surface area contributed by atoms with Gasteiger partial charge in [-0.25, -0.2) is 0 Å². The topological polar surface area (TPSA) is 29.5 Å². The van der Waals surface area contributed by atoms with Crippen LogP contribution in [-0.2, 0) is 4.79 Å². The Labute approximate surface area is 145 Å². The lowest BCUT2D eigenvalue weighted by Gasteiger charge is -2.31. The number of thioether (sulfide) groups is 1. The molecule has 0 saturated carbocycles. The number of amides is 1. The molecule has 3 nitrogen and oxygen atoms in total. The molecule has 0 unspecified atom stereocenters. The van der Waals surface area contributed by atoms with Gasteiger partial charge in [-0.3, -0.25) is 4.79 Å². The van der Waals surface area contributed by atoms with Crippen LogP contribution in [0.4, 0.5) is 13.2 Å². The number of rotatable bonds is 4. The summed E-state index contributed by atoms with van der Waals surface area (Å²) >= 11 is 4.52. The second kappa shape index (κ2) is 7.79. The van der Waals surface area contributed by atoms with Crippen LogP contribution in [0, 0.1) is 5.92 Å². The predicted octanol–water partition coefficient (Wildman–Crippen LogP) is 4.70. The zero-order valence-electron chi connectivity index (χ0n) is 12.5. The van der Waals surface area contributed by atoms with Crippen LogP contribution < -0.4 is 4.74 Å². The fraction of sp³-hybridized carbons (Fsp3) is 0.533. The molecule has 0 atom stereocenters. The van der Waals surface area contributed by atoms with Gasteiger partial charge in [0.15, 0.2) is 0 Å². The second-order valence-electron chi connectivity index (χ2n) is 5.40. The summed E-state index contributed by atoms with van der Waals surface area (Å²) in [6.45, 7) is 2.98. The van der Waals surface area contributed by atoms with Crippen molar-refractivity contribution in [2.24, 2.45) is 5.92 Å². The minimum atomic E-state index is -4.71. The van der Waals surface area contributed by atoms with Gasteiger partial charge in [-0.05, 0) is 37.0 Å². The van der Waals surface area contributed by atoms with Crippen molar-refractivity contribution in [2.75, 3.05) is 18.8 Å². The van der Waals surface area contributed by atoms with Crippen LogP contribution in [-0.4, -0.2) is 36.0 Å². The number of halogens is 4. The Bertz CT molecular complexity index is 560. The second-order valence-corrected chi connectivity index (χ2v) is 7.38. The molecule has 1 heterocycles. The summed E-state index contributed by atoms with van der Waals surface area (Å²) in [5.41, 5.74) is 0. The molecule has 1 aliphatic heterocycles.